The Kier molecular flexibility index (Phi) is 4.93. The van der Waals surface area contributed by atoms with Crippen LogP contribution < -0.4 is 0 Å². The lowest BCUT2D eigenvalue weighted by molar-refractivity contribution is 0.222. The van der Waals surface area contributed by atoms with E-state index < -0.39 is 0 Å². The van der Waals surface area contributed by atoms with Crippen molar-refractivity contribution >= 4 is 0 Å². The largest absolute Gasteiger partial charge is 0.304 e. The summed E-state index contributed by atoms with van der Waals surface area (Å²) in [5.74, 6) is 7.19. The number of hydrogen-bond donors (Lipinski definition) is 0. The van der Waals surface area contributed by atoms with Gasteiger partial charge in [0.2, 0.25) is 0 Å². The molecule has 1 saturated heterocycles. The third-order valence-corrected chi connectivity index (χ3v) is 4.54. The van der Waals surface area contributed by atoms with E-state index in [1.807, 2.05) is 30.3 Å². The van der Waals surface area contributed by atoms with E-state index in [1.165, 1.54) is 38.0 Å². The first-order valence-corrected chi connectivity index (χ1v) is 8.24. The van der Waals surface area contributed by atoms with Crippen LogP contribution in [0.4, 0.5) is 0 Å². The van der Waals surface area contributed by atoms with Gasteiger partial charge in [0, 0.05) is 11.1 Å². The first-order valence-electron chi connectivity index (χ1n) is 8.24. The normalized spacial score (nSPS) is 16.0. The van der Waals surface area contributed by atoms with Crippen molar-refractivity contribution < 1.29 is 0 Å². The molecule has 112 valence electrons. The molecule has 1 heteroatoms. The molecule has 1 fully saturated rings. The summed E-state index contributed by atoms with van der Waals surface area (Å²) in [6, 6.07) is 19.0. The SMILES string of the molecule is CCN1CCC(c2ccc(C#Cc3ccccc3)cc2)CC1. The number of likely N-dealkylation sites (tertiary alicyclic amines) is 1. The number of rotatable bonds is 2. The van der Waals surface area contributed by atoms with Crippen LogP contribution in [0.1, 0.15) is 42.4 Å². The van der Waals surface area contributed by atoms with Crippen LogP contribution in [0.3, 0.4) is 0 Å². The zero-order chi connectivity index (χ0) is 15.2. The highest BCUT2D eigenvalue weighted by Gasteiger charge is 2.19. The summed E-state index contributed by atoms with van der Waals surface area (Å²) in [5.41, 5.74) is 3.64. The Morgan fingerprint density at radius 1 is 0.864 bits per heavy atom. The van der Waals surface area contributed by atoms with Crippen molar-refractivity contribution in [2.45, 2.75) is 25.7 Å². The third-order valence-electron chi connectivity index (χ3n) is 4.54. The van der Waals surface area contributed by atoms with Crippen LogP contribution in [-0.2, 0) is 0 Å². The predicted octanol–water partition coefficient (Wildman–Crippen LogP) is 4.29. The number of nitrogens with zero attached hydrogens (tertiary/aromatic N) is 1. The van der Waals surface area contributed by atoms with E-state index >= 15 is 0 Å². The summed E-state index contributed by atoms with van der Waals surface area (Å²) in [7, 11) is 0. The highest BCUT2D eigenvalue weighted by atomic mass is 15.1. The molecule has 0 aliphatic carbocycles. The molecular weight excluding hydrogens is 266 g/mol. The molecule has 0 aromatic heterocycles. The van der Waals surface area contributed by atoms with Crippen LogP contribution >= 0.6 is 0 Å². The first-order chi connectivity index (χ1) is 10.8. The first kappa shape index (κ1) is 14.9. The lowest BCUT2D eigenvalue weighted by Crippen LogP contribution is -2.32. The fourth-order valence-corrected chi connectivity index (χ4v) is 3.09. The summed E-state index contributed by atoms with van der Waals surface area (Å²) in [5, 5.41) is 0. The maximum atomic E-state index is 3.25. The van der Waals surface area contributed by atoms with Gasteiger partial charge < -0.3 is 4.90 Å². The number of benzene rings is 2. The van der Waals surface area contributed by atoms with Gasteiger partial charge in [0.05, 0.1) is 0 Å². The lowest BCUT2D eigenvalue weighted by Gasteiger charge is -2.31. The molecule has 1 heterocycles. The molecule has 0 unspecified atom stereocenters. The van der Waals surface area contributed by atoms with Gasteiger partial charge in [-0.15, -0.1) is 0 Å². The second-order valence-electron chi connectivity index (χ2n) is 5.95. The zero-order valence-electron chi connectivity index (χ0n) is 13.3. The van der Waals surface area contributed by atoms with Gasteiger partial charge in [-0.05, 0) is 68.2 Å². The Balaban J connectivity index is 1.65. The minimum Gasteiger partial charge on any atom is -0.304 e. The van der Waals surface area contributed by atoms with E-state index in [2.05, 4.69) is 47.9 Å². The van der Waals surface area contributed by atoms with Crippen LogP contribution in [-0.4, -0.2) is 24.5 Å². The van der Waals surface area contributed by atoms with Gasteiger partial charge in [0.1, 0.15) is 0 Å². The fourth-order valence-electron chi connectivity index (χ4n) is 3.09. The summed E-state index contributed by atoms with van der Waals surface area (Å²) < 4.78 is 0. The van der Waals surface area contributed by atoms with E-state index in [1.54, 1.807) is 0 Å². The molecule has 0 bridgehead atoms. The molecule has 0 spiro atoms. The molecule has 2 aromatic rings. The average molecular weight is 289 g/mol. The zero-order valence-corrected chi connectivity index (χ0v) is 13.3. The molecule has 3 rings (SSSR count). The minimum atomic E-state index is 0.721. The molecule has 22 heavy (non-hydrogen) atoms. The highest BCUT2D eigenvalue weighted by Crippen LogP contribution is 2.27. The Bertz CT molecular complexity index is 638. The predicted molar refractivity (Wildman–Crippen MR) is 93.0 cm³/mol. The second-order valence-corrected chi connectivity index (χ2v) is 5.95. The van der Waals surface area contributed by atoms with E-state index in [0.717, 1.165) is 17.0 Å². The topological polar surface area (TPSA) is 3.24 Å². The Morgan fingerprint density at radius 3 is 2.05 bits per heavy atom. The van der Waals surface area contributed by atoms with Crippen molar-refractivity contribution in [3.63, 3.8) is 0 Å². The smallest absolute Gasteiger partial charge is 0.0249 e. The molecule has 2 aromatic carbocycles. The van der Waals surface area contributed by atoms with Crippen molar-refractivity contribution in [2.24, 2.45) is 0 Å². The molecule has 0 amide bonds. The Hall–Kier alpha value is -2.04. The van der Waals surface area contributed by atoms with Crippen molar-refractivity contribution in [3.8, 4) is 11.8 Å². The minimum absolute atomic E-state index is 0.721. The van der Waals surface area contributed by atoms with E-state index in [4.69, 9.17) is 0 Å². The molecule has 0 saturated carbocycles. The highest BCUT2D eigenvalue weighted by molar-refractivity contribution is 5.43. The Labute approximate surface area is 134 Å². The standard InChI is InChI=1S/C21H23N/c1-2-22-16-14-21(15-17-22)20-12-10-19(11-13-20)9-8-18-6-4-3-5-7-18/h3-7,10-13,21H,2,14-17H2,1H3. The molecule has 1 aliphatic heterocycles. The fraction of sp³-hybridized carbons (Fsp3) is 0.333. The maximum absolute atomic E-state index is 3.25. The summed E-state index contributed by atoms with van der Waals surface area (Å²) in [4.78, 5) is 2.54. The van der Waals surface area contributed by atoms with Gasteiger partial charge in [-0.3, -0.25) is 0 Å². The van der Waals surface area contributed by atoms with E-state index in [9.17, 15) is 0 Å². The van der Waals surface area contributed by atoms with Crippen molar-refractivity contribution in [2.75, 3.05) is 19.6 Å². The van der Waals surface area contributed by atoms with Crippen LogP contribution in [0.15, 0.2) is 54.6 Å². The molecule has 0 atom stereocenters. The van der Waals surface area contributed by atoms with Crippen LogP contribution in [0.2, 0.25) is 0 Å². The van der Waals surface area contributed by atoms with E-state index in [0.29, 0.717) is 0 Å². The molecule has 1 aliphatic rings. The molecular formula is C21H23N. The molecule has 0 radical (unpaired) electrons. The van der Waals surface area contributed by atoms with Gasteiger partial charge in [-0.25, -0.2) is 0 Å². The summed E-state index contributed by atoms with van der Waals surface area (Å²) in [6.07, 6.45) is 2.56. The van der Waals surface area contributed by atoms with Crippen LogP contribution in [0, 0.1) is 11.8 Å². The van der Waals surface area contributed by atoms with E-state index in [-0.39, 0.29) is 0 Å². The van der Waals surface area contributed by atoms with Gasteiger partial charge in [-0.1, -0.05) is 49.1 Å². The van der Waals surface area contributed by atoms with Crippen molar-refractivity contribution in [1.82, 2.24) is 4.90 Å². The Morgan fingerprint density at radius 2 is 1.45 bits per heavy atom. The molecule has 0 N–H and O–H groups in total. The van der Waals surface area contributed by atoms with Gasteiger partial charge in [0.25, 0.3) is 0 Å². The van der Waals surface area contributed by atoms with Crippen LogP contribution in [0.5, 0.6) is 0 Å². The number of hydrogen-bond acceptors (Lipinski definition) is 1. The summed E-state index contributed by atoms with van der Waals surface area (Å²) >= 11 is 0. The van der Waals surface area contributed by atoms with Gasteiger partial charge >= 0.3 is 0 Å². The average Bonchev–Trinajstić information content (AvgIpc) is 2.61. The van der Waals surface area contributed by atoms with Crippen molar-refractivity contribution in [1.29, 1.82) is 0 Å². The van der Waals surface area contributed by atoms with Gasteiger partial charge in [0.15, 0.2) is 0 Å². The van der Waals surface area contributed by atoms with Crippen molar-refractivity contribution in [3.05, 3.63) is 71.3 Å². The van der Waals surface area contributed by atoms with Gasteiger partial charge in [-0.2, -0.15) is 0 Å². The maximum Gasteiger partial charge on any atom is 0.0249 e. The monoisotopic (exact) mass is 289 g/mol. The van der Waals surface area contributed by atoms with Crippen LogP contribution in [0.25, 0.3) is 0 Å². The quantitative estimate of drug-likeness (QED) is 0.746. The number of piperidine rings is 1. The second kappa shape index (κ2) is 7.29. The molecule has 1 nitrogen and oxygen atoms in total. The summed E-state index contributed by atoms with van der Waals surface area (Å²) in [6.45, 7) is 5.90. The third kappa shape index (κ3) is 3.78. The lowest BCUT2D eigenvalue weighted by atomic mass is 9.89.